The summed E-state index contributed by atoms with van der Waals surface area (Å²) in [5, 5.41) is 12.1. The molecule has 2 amide bonds. The molecule has 0 saturated carbocycles. The van der Waals surface area contributed by atoms with Crippen molar-refractivity contribution in [3.8, 4) is 0 Å². The van der Waals surface area contributed by atoms with Crippen LogP contribution < -0.4 is 5.32 Å². The lowest BCUT2D eigenvalue weighted by molar-refractivity contribution is -0.143. The second-order valence-electron chi connectivity index (χ2n) is 4.70. The van der Waals surface area contributed by atoms with Crippen LogP contribution in [0, 0.1) is 0 Å². The first-order valence-corrected chi connectivity index (χ1v) is 6.89. The molecular formula is C15H22N2O4. The van der Waals surface area contributed by atoms with E-state index in [2.05, 4.69) is 5.32 Å². The molecule has 6 nitrogen and oxygen atoms in total. The maximum atomic E-state index is 11.9. The Labute approximate surface area is 124 Å². The number of urea groups is 1. The number of carbonyl (C=O) groups is 2. The van der Waals surface area contributed by atoms with E-state index in [4.69, 9.17) is 4.74 Å². The molecule has 21 heavy (non-hydrogen) atoms. The second-order valence-corrected chi connectivity index (χ2v) is 4.70. The number of rotatable bonds is 6. The third-order valence-electron chi connectivity index (χ3n) is 2.95. The standard InChI is InChI=1S/C15H22N2O4/c1-4-21-14(19)9-10-17(3)15(20)16-13-7-5-12(6-8-13)11(2)18/h5-8,11,18H,4,9-10H2,1-3H3,(H,16,20). The van der Waals surface area contributed by atoms with Crippen molar-refractivity contribution in [1.82, 2.24) is 4.90 Å². The van der Waals surface area contributed by atoms with Crippen LogP contribution in [0.2, 0.25) is 0 Å². The van der Waals surface area contributed by atoms with E-state index in [1.807, 2.05) is 0 Å². The molecule has 6 heteroatoms. The van der Waals surface area contributed by atoms with Gasteiger partial charge in [0.25, 0.3) is 0 Å². The maximum absolute atomic E-state index is 11.9. The molecule has 116 valence electrons. The Hall–Kier alpha value is -2.08. The Bertz CT molecular complexity index is 471. The normalized spacial score (nSPS) is 11.6. The molecule has 2 N–H and O–H groups in total. The van der Waals surface area contributed by atoms with Gasteiger partial charge in [0.1, 0.15) is 0 Å². The lowest BCUT2D eigenvalue weighted by atomic mass is 10.1. The molecule has 0 bridgehead atoms. The van der Waals surface area contributed by atoms with Gasteiger partial charge in [0.05, 0.1) is 19.1 Å². The first-order chi connectivity index (χ1) is 9.93. The van der Waals surface area contributed by atoms with E-state index in [1.54, 1.807) is 45.2 Å². The third-order valence-corrected chi connectivity index (χ3v) is 2.95. The summed E-state index contributed by atoms with van der Waals surface area (Å²) in [7, 11) is 1.61. The fourth-order valence-electron chi connectivity index (χ4n) is 1.66. The highest BCUT2D eigenvalue weighted by Crippen LogP contribution is 2.15. The van der Waals surface area contributed by atoms with Gasteiger partial charge >= 0.3 is 12.0 Å². The van der Waals surface area contributed by atoms with Crippen LogP contribution in [0.25, 0.3) is 0 Å². The molecule has 0 aliphatic heterocycles. The van der Waals surface area contributed by atoms with E-state index in [-0.39, 0.29) is 25.0 Å². The van der Waals surface area contributed by atoms with E-state index < -0.39 is 6.10 Å². The number of anilines is 1. The third kappa shape index (κ3) is 5.83. The molecule has 0 aliphatic rings. The summed E-state index contributed by atoms with van der Waals surface area (Å²) in [5.74, 6) is -0.321. The Morgan fingerprint density at radius 1 is 1.33 bits per heavy atom. The smallest absolute Gasteiger partial charge is 0.321 e. The van der Waals surface area contributed by atoms with Crippen LogP contribution in [0.1, 0.15) is 31.9 Å². The maximum Gasteiger partial charge on any atom is 0.321 e. The van der Waals surface area contributed by atoms with Gasteiger partial charge in [-0.25, -0.2) is 4.79 Å². The number of nitrogens with zero attached hydrogens (tertiary/aromatic N) is 1. The van der Waals surface area contributed by atoms with Crippen molar-refractivity contribution in [2.75, 3.05) is 25.5 Å². The summed E-state index contributed by atoms with van der Waals surface area (Å²) in [6, 6.07) is 6.64. The molecule has 1 aromatic rings. The Morgan fingerprint density at radius 3 is 2.48 bits per heavy atom. The minimum Gasteiger partial charge on any atom is -0.466 e. The van der Waals surface area contributed by atoms with Gasteiger partial charge in [-0.05, 0) is 31.5 Å². The molecule has 0 saturated heterocycles. The predicted molar refractivity (Wildman–Crippen MR) is 80.0 cm³/mol. The number of carbonyl (C=O) groups excluding carboxylic acids is 2. The molecule has 1 unspecified atom stereocenters. The first kappa shape index (κ1) is 17.0. The first-order valence-electron chi connectivity index (χ1n) is 6.89. The van der Waals surface area contributed by atoms with Gasteiger partial charge in [-0.1, -0.05) is 12.1 Å². The molecule has 1 atom stereocenters. The summed E-state index contributed by atoms with van der Waals surface area (Å²) in [6.07, 6.45) is -0.374. The molecular weight excluding hydrogens is 272 g/mol. The molecule has 0 aromatic heterocycles. The zero-order valence-corrected chi connectivity index (χ0v) is 12.6. The minimum atomic E-state index is -0.540. The fraction of sp³-hybridized carbons (Fsp3) is 0.467. The summed E-state index contributed by atoms with van der Waals surface area (Å²) in [5.41, 5.74) is 1.41. The zero-order chi connectivity index (χ0) is 15.8. The van der Waals surface area contributed by atoms with Gasteiger partial charge in [-0.2, -0.15) is 0 Å². The lowest BCUT2D eigenvalue weighted by Crippen LogP contribution is -2.33. The van der Waals surface area contributed by atoms with Crippen LogP contribution in [-0.2, 0) is 9.53 Å². The summed E-state index contributed by atoms with van der Waals surface area (Å²) >= 11 is 0. The monoisotopic (exact) mass is 294 g/mol. The van der Waals surface area contributed by atoms with Crippen LogP contribution in [0.15, 0.2) is 24.3 Å². The van der Waals surface area contributed by atoms with E-state index in [0.29, 0.717) is 12.3 Å². The number of aliphatic hydroxyl groups excluding tert-OH is 1. The second kappa shape index (κ2) is 8.26. The minimum absolute atomic E-state index is 0.165. The number of hydrogen-bond donors (Lipinski definition) is 2. The zero-order valence-electron chi connectivity index (χ0n) is 12.6. The van der Waals surface area contributed by atoms with Crippen molar-refractivity contribution in [2.45, 2.75) is 26.4 Å². The molecule has 0 radical (unpaired) electrons. The molecule has 0 heterocycles. The van der Waals surface area contributed by atoms with Crippen molar-refractivity contribution in [3.05, 3.63) is 29.8 Å². The van der Waals surface area contributed by atoms with E-state index in [1.165, 1.54) is 4.90 Å². The molecule has 0 spiro atoms. The Kier molecular flexibility index (Phi) is 6.68. The number of hydrogen-bond acceptors (Lipinski definition) is 4. The van der Waals surface area contributed by atoms with Gasteiger partial charge < -0.3 is 20.1 Å². The van der Waals surface area contributed by atoms with Gasteiger partial charge in [0.15, 0.2) is 0 Å². The number of benzene rings is 1. The largest absolute Gasteiger partial charge is 0.466 e. The topological polar surface area (TPSA) is 78.9 Å². The number of nitrogens with one attached hydrogen (secondary N) is 1. The van der Waals surface area contributed by atoms with Gasteiger partial charge in [-0.15, -0.1) is 0 Å². The predicted octanol–water partition coefficient (Wildman–Crippen LogP) is 2.16. The summed E-state index contributed by atoms with van der Waals surface area (Å²) in [6.45, 7) is 4.04. The molecule has 0 fully saturated rings. The summed E-state index contributed by atoms with van der Waals surface area (Å²) < 4.78 is 4.80. The van der Waals surface area contributed by atoms with E-state index in [9.17, 15) is 14.7 Å². The fourth-order valence-corrected chi connectivity index (χ4v) is 1.66. The quantitative estimate of drug-likeness (QED) is 0.788. The van der Waals surface area contributed by atoms with Crippen LogP contribution in [-0.4, -0.2) is 42.2 Å². The van der Waals surface area contributed by atoms with Gasteiger partial charge in [-0.3, -0.25) is 4.79 Å². The Balaban J connectivity index is 2.46. The number of ether oxygens (including phenoxy) is 1. The van der Waals surface area contributed by atoms with Crippen molar-refractivity contribution in [2.24, 2.45) is 0 Å². The highest BCUT2D eigenvalue weighted by atomic mass is 16.5. The summed E-state index contributed by atoms with van der Waals surface area (Å²) in [4.78, 5) is 24.6. The van der Waals surface area contributed by atoms with Crippen LogP contribution in [0.5, 0.6) is 0 Å². The van der Waals surface area contributed by atoms with Crippen molar-refractivity contribution < 1.29 is 19.4 Å². The van der Waals surface area contributed by atoms with Crippen molar-refractivity contribution >= 4 is 17.7 Å². The SMILES string of the molecule is CCOC(=O)CCN(C)C(=O)Nc1ccc(C(C)O)cc1. The number of aliphatic hydroxyl groups is 1. The molecule has 1 aromatic carbocycles. The van der Waals surface area contributed by atoms with Crippen molar-refractivity contribution in [1.29, 1.82) is 0 Å². The molecule has 1 rings (SSSR count). The highest BCUT2D eigenvalue weighted by Gasteiger charge is 2.11. The highest BCUT2D eigenvalue weighted by molar-refractivity contribution is 5.89. The van der Waals surface area contributed by atoms with Crippen LogP contribution >= 0.6 is 0 Å². The van der Waals surface area contributed by atoms with E-state index in [0.717, 1.165) is 5.56 Å². The van der Waals surface area contributed by atoms with Gasteiger partial charge in [0, 0.05) is 19.3 Å². The lowest BCUT2D eigenvalue weighted by Gasteiger charge is -2.17. The number of amides is 2. The van der Waals surface area contributed by atoms with Gasteiger partial charge in [0.2, 0.25) is 0 Å². The average Bonchev–Trinajstić information content (AvgIpc) is 2.45. The average molecular weight is 294 g/mol. The van der Waals surface area contributed by atoms with Crippen LogP contribution in [0.3, 0.4) is 0 Å². The number of esters is 1. The van der Waals surface area contributed by atoms with E-state index >= 15 is 0 Å². The Morgan fingerprint density at radius 2 is 1.95 bits per heavy atom. The van der Waals surface area contributed by atoms with Crippen LogP contribution in [0.4, 0.5) is 10.5 Å². The molecule has 0 aliphatic carbocycles. The van der Waals surface area contributed by atoms with Crippen molar-refractivity contribution in [3.63, 3.8) is 0 Å².